The monoisotopic (exact) mass is 345 g/mol. The first kappa shape index (κ1) is 18.4. The molecule has 0 amide bonds. The number of carbonyl (C=O) groups excluding carboxylic acids is 1. The summed E-state index contributed by atoms with van der Waals surface area (Å²) in [7, 11) is 0. The van der Waals surface area contributed by atoms with Gasteiger partial charge in [-0.3, -0.25) is 4.90 Å². The van der Waals surface area contributed by atoms with Gasteiger partial charge in [0.2, 0.25) is 0 Å². The van der Waals surface area contributed by atoms with Gasteiger partial charge >= 0.3 is 5.97 Å². The number of hydrogen-bond donors (Lipinski definition) is 0. The van der Waals surface area contributed by atoms with Gasteiger partial charge in [-0.2, -0.15) is 5.26 Å². The van der Waals surface area contributed by atoms with Crippen LogP contribution in [0, 0.1) is 11.3 Å². The second kappa shape index (κ2) is 9.36. The highest BCUT2D eigenvalue weighted by atomic mass is 32.2. The third kappa shape index (κ3) is 4.76. The van der Waals surface area contributed by atoms with E-state index in [1.807, 2.05) is 18.4 Å². The molecule has 0 N–H and O–H groups in total. The van der Waals surface area contributed by atoms with Crippen LogP contribution in [0.3, 0.4) is 0 Å². The first-order valence-electron chi connectivity index (χ1n) is 8.06. The lowest BCUT2D eigenvalue weighted by Gasteiger charge is -2.37. The summed E-state index contributed by atoms with van der Waals surface area (Å²) in [5, 5.41) is 10.1. The maximum absolute atomic E-state index is 12.0. The fourth-order valence-electron chi connectivity index (χ4n) is 2.72. The van der Waals surface area contributed by atoms with E-state index in [-0.39, 0.29) is 12.2 Å². The van der Waals surface area contributed by atoms with E-state index < -0.39 is 5.97 Å². The third-order valence-corrected chi connectivity index (χ3v) is 4.76. The van der Waals surface area contributed by atoms with E-state index in [2.05, 4.69) is 34.1 Å². The Hall–Kier alpha value is -1.97. The van der Waals surface area contributed by atoms with Crippen LogP contribution in [0.5, 0.6) is 0 Å². The van der Waals surface area contributed by atoms with Crippen molar-refractivity contribution in [3.63, 3.8) is 0 Å². The third-order valence-electron chi connectivity index (χ3n) is 3.91. The molecule has 2 rings (SSSR count). The molecule has 1 saturated heterocycles. The van der Waals surface area contributed by atoms with E-state index in [9.17, 15) is 10.1 Å². The minimum absolute atomic E-state index is 0.112. The van der Waals surface area contributed by atoms with Crippen LogP contribution in [0.25, 0.3) is 0 Å². The zero-order chi connectivity index (χ0) is 17.4. The molecule has 0 radical (unpaired) electrons. The van der Waals surface area contributed by atoms with E-state index >= 15 is 0 Å². The summed E-state index contributed by atoms with van der Waals surface area (Å²) in [6.07, 6.45) is 1.89. The molecule has 1 fully saturated rings. The molecule has 0 aliphatic carbocycles. The van der Waals surface area contributed by atoms with Crippen LogP contribution in [0.1, 0.15) is 12.5 Å². The Morgan fingerprint density at radius 3 is 2.46 bits per heavy atom. The molecule has 0 aromatic heterocycles. The molecule has 1 aliphatic rings. The quantitative estimate of drug-likeness (QED) is 0.448. The van der Waals surface area contributed by atoms with Gasteiger partial charge in [-0.25, -0.2) is 4.79 Å². The second-order valence-electron chi connectivity index (χ2n) is 5.47. The molecule has 0 bridgehead atoms. The largest absolute Gasteiger partial charge is 0.462 e. The molecule has 0 unspecified atom stereocenters. The van der Waals surface area contributed by atoms with E-state index in [4.69, 9.17) is 4.74 Å². The number of piperazine rings is 1. The fraction of sp³-hybridized carbons (Fsp3) is 0.444. The van der Waals surface area contributed by atoms with Gasteiger partial charge in [-0.15, -0.1) is 11.8 Å². The zero-order valence-corrected chi connectivity index (χ0v) is 15.0. The van der Waals surface area contributed by atoms with Gasteiger partial charge in [0.15, 0.2) is 5.57 Å². The number of ether oxygens (including phenoxy) is 1. The van der Waals surface area contributed by atoms with Crippen LogP contribution >= 0.6 is 11.8 Å². The lowest BCUT2D eigenvalue weighted by atomic mass is 10.2. The molecule has 0 saturated carbocycles. The molecular formula is C18H23N3O2S. The molecule has 1 heterocycles. The van der Waals surface area contributed by atoms with Gasteiger partial charge in [0.1, 0.15) is 6.07 Å². The van der Waals surface area contributed by atoms with Crippen molar-refractivity contribution in [3.8, 4) is 6.07 Å². The summed E-state index contributed by atoms with van der Waals surface area (Å²) in [4.78, 5) is 16.5. The van der Waals surface area contributed by atoms with Crippen molar-refractivity contribution in [1.29, 1.82) is 5.26 Å². The Labute approximate surface area is 147 Å². The average molecular weight is 345 g/mol. The summed E-state index contributed by atoms with van der Waals surface area (Å²) in [5.74, 6) is -0.531. The second-order valence-corrected chi connectivity index (χ2v) is 6.26. The Kier molecular flexibility index (Phi) is 7.16. The number of hydrogen-bond acceptors (Lipinski definition) is 6. The summed E-state index contributed by atoms with van der Waals surface area (Å²) >= 11 is 1.43. The average Bonchev–Trinajstić information content (AvgIpc) is 2.61. The maximum atomic E-state index is 12.0. The summed E-state index contributed by atoms with van der Waals surface area (Å²) in [6, 6.07) is 12.4. The predicted molar refractivity (Wildman–Crippen MR) is 96.1 cm³/mol. The van der Waals surface area contributed by atoms with Crippen molar-refractivity contribution < 1.29 is 9.53 Å². The molecule has 1 aromatic carbocycles. The number of benzene rings is 1. The van der Waals surface area contributed by atoms with E-state index in [0.717, 1.165) is 37.8 Å². The topological polar surface area (TPSA) is 56.6 Å². The number of esters is 1. The first-order chi connectivity index (χ1) is 11.7. The van der Waals surface area contributed by atoms with Crippen LogP contribution in [-0.4, -0.2) is 54.8 Å². The summed E-state index contributed by atoms with van der Waals surface area (Å²) in [6.45, 7) is 6.35. The number of thioether (sulfide) groups is 1. The zero-order valence-electron chi connectivity index (χ0n) is 14.2. The van der Waals surface area contributed by atoms with Gasteiger partial charge in [0, 0.05) is 32.7 Å². The Balaban J connectivity index is 2.01. The molecule has 6 heteroatoms. The maximum Gasteiger partial charge on any atom is 0.351 e. The number of carbonyl (C=O) groups is 1. The predicted octanol–water partition coefficient (Wildman–Crippen LogP) is 2.47. The molecule has 0 atom stereocenters. The molecule has 128 valence electrons. The highest BCUT2D eigenvalue weighted by molar-refractivity contribution is 8.02. The van der Waals surface area contributed by atoms with E-state index in [1.165, 1.54) is 17.3 Å². The first-order valence-corrected chi connectivity index (χ1v) is 9.28. The smallest absolute Gasteiger partial charge is 0.351 e. The molecule has 1 aliphatic heterocycles. The Morgan fingerprint density at radius 2 is 1.92 bits per heavy atom. The van der Waals surface area contributed by atoms with Gasteiger partial charge in [-0.1, -0.05) is 30.3 Å². The lowest BCUT2D eigenvalue weighted by Crippen LogP contribution is -2.45. The van der Waals surface area contributed by atoms with Gasteiger partial charge in [0.25, 0.3) is 0 Å². The normalized spacial score (nSPS) is 16.3. The van der Waals surface area contributed by atoms with Gasteiger partial charge in [-0.05, 0) is 18.7 Å². The van der Waals surface area contributed by atoms with Crippen molar-refractivity contribution in [3.05, 3.63) is 46.5 Å². The number of nitrogens with zero attached hydrogens (tertiary/aromatic N) is 3. The standard InChI is InChI=1S/C18H23N3O2S/c1-3-23-18(22)16(13-19)17(24-2)21-11-9-20(10-12-21)14-15-7-5-4-6-8-15/h4-8H,3,9-12,14H2,1-2H3/b17-16+. The van der Waals surface area contributed by atoms with Crippen LogP contribution in [0.4, 0.5) is 0 Å². The van der Waals surface area contributed by atoms with E-state index in [0.29, 0.717) is 0 Å². The highest BCUT2D eigenvalue weighted by Gasteiger charge is 2.24. The van der Waals surface area contributed by atoms with Gasteiger partial charge in [0.05, 0.1) is 11.6 Å². The molecule has 24 heavy (non-hydrogen) atoms. The minimum atomic E-state index is -0.531. The molecule has 1 aromatic rings. The van der Waals surface area contributed by atoms with Crippen molar-refractivity contribution in [2.75, 3.05) is 39.0 Å². The van der Waals surface area contributed by atoms with Crippen molar-refractivity contribution >= 4 is 17.7 Å². The number of nitriles is 1. The number of rotatable bonds is 6. The van der Waals surface area contributed by atoms with Crippen molar-refractivity contribution in [2.45, 2.75) is 13.5 Å². The summed E-state index contributed by atoms with van der Waals surface area (Å²) in [5.41, 5.74) is 1.41. The van der Waals surface area contributed by atoms with Crippen molar-refractivity contribution in [2.24, 2.45) is 0 Å². The van der Waals surface area contributed by atoms with Crippen LogP contribution in [-0.2, 0) is 16.1 Å². The highest BCUT2D eigenvalue weighted by Crippen LogP contribution is 2.24. The van der Waals surface area contributed by atoms with Crippen LogP contribution in [0.15, 0.2) is 40.9 Å². The van der Waals surface area contributed by atoms with Crippen molar-refractivity contribution in [1.82, 2.24) is 9.80 Å². The summed E-state index contributed by atoms with van der Waals surface area (Å²) < 4.78 is 5.00. The fourth-order valence-corrected chi connectivity index (χ4v) is 3.50. The van der Waals surface area contributed by atoms with Gasteiger partial charge < -0.3 is 9.64 Å². The van der Waals surface area contributed by atoms with Crippen LogP contribution in [0.2, 0.25) is 0 Å². The Morgan fingerprint density at radius 1 is 1.25 bits per heavy atom. The lowest BCUT2D eigenvalue weighted by molar-refractivity contribution is -0.138. The SMILES string of the molecule is CCOC(=O)/C(C#N)=C(/SC)N1CCN(Cc2ccccc2)CC1. The van der Waals surface area contributed by atoms with Crippen LogP contribution < -0.4 is 0 Å². The Bertz CT molecular complexity index is 617. The minimum Gasteiger partial charge on any atom is -0.462 e. The molecule has 5 nitrogen and oxygen atoms in total. The van der Waals surface area contributed by atoms with E-state index in [1.54, 1.807) is 6.92 Å². The molecular weight excluding hydrogens is 322 g/mol. The molecule has 0 spiro atoms.